The van der Waals surface area contributed by atoms with Crippen LogP contribution in [0.2, 0.25) is 0 Å². The van der Waals surface area contributed by atoms with Gasteiger partial charge in [0.15, 0.2) is 15.1 Å². The van der Waals surface area contributed by atoms with Crippen molar-refractivity contribution >= 4 is 21.8 Å². The Labute approximate surface area is 111 Å². The molecule has 1 aliphatic carbocycles. The summed E-state index contributed by atoms with van der Waals surface area (Å²) >= 11 is 0. The summed E-state index contributed by atoms with van der Waals surface area (Å²) in [5.74, 6) is -2.24. The maximum absolute atomic E-state index is 12.1. The summed E-state index contributed by atoms with van der Waals surface area (Å²) in [6.45, 7) is -0.397. The maximum atomic E-state index is 12.1. The van der Waals surface area contributed by atoms with Crippen molar-refractivity contribution in [1.82, 2.24) is 0 Å². The largest absolute Gasteiger partial charge is 0.480 e. The molecule has 110 valence electrons. The first-order valence-electron chi connectivity index (χ1n) is 5.76. The summed E-state index contributed by atoms with van der Waals surface area (Å²) in [5.41, 5.74) is -0.659. The van der Waals surface area contributed by atoms with Gasteiger partial charge >= 0.3 is 11.9 Å². The second-order valence-electron chi connectivity index (χ2n) is 4.84. The molecule has 1 rings (SSSR count). The minimum atomic E-state index is -3.87. The zero-order valence-electron chi connectivity index (χ0n) is 10.9. The van der Waals surface area contributed by atoms with E-state index in [2.05, 4.69) is 9.47 Å². The van der Waals surface area contributed by atoms with Gasteiger partial charge in [0.2, 0.25) is 0 Å². The number of aliphatic carboxylic acids is 1. The molecule has 0 heterocycles. The van der Waals surface area contributed by atoms with Gasteiger partial charge in [-0.05, 0) is 18.3 Å². The molecular formula is C11H18O7S. The molecule has 0 saturated heterocycles. The molecule has 8 heteroatoms. The van der Waals surface area contributed by atoms with Gasteiger partial charge in [0.25, 0.3) is 0 Å². The Kier molecular flexibility index (Phi) is 4.92. The molecule has 0 aliphatic heterocycles. The number of carboxylic acid groups (broad SMARTS) is 1. The molecule has 1 saturated carbocycles. The molecular weight excluding hydrogens is 276 g/mol. The second kappa shape index (κ2) is 5.87. The van der Waals surface area contributed by atoms with Gasteiger partial charge < -0.3 is 14.6 Å². The quantitative estimate of drug-likeness (QED) is 0.620. The van der Waals surface area contributed by atoms with E-state index in [1.165, 1.54) is 14.2 Å². The fourth-order valence-electron chi connectivity index (χ4n) is 1.93. The van der Waals surface area contributed by atoms with E-state index in [1.54, 1.807) is 0 Å². The minimum Gasteiger partial charge on any atom is -0.480 e. The van der Waals surface area contributed by atoms with Gasteiger partial charge in [-0.1, -0.05) is 0 Å². The Morgan fingerprint density at radius 3 is 2.26 bits per heavy atom. The molecule has 1 unspecified atom stereocenters. The Balaban J connectivity index is 2.78. The normalized spacial score (nSPS) is 18.6. The van der Waals surface area contributed by atoms with Crippen molar-refractivity contribution in [1.29, 1.82) is 0 Å². The van der Waals surface area contributed by atoms with Crippen LogP contribution in [0.25, 0.3) is 0 Å². The molecule has 0 aromatic rings. The Morgan fingerprint density at radius 1 is 1.32 bits per heavy atom. The standard InChI is InChI=1S/C11H18O7S/c1-17-6-8(10(13)14)19(15,16)7-11(3-4-11)5-9(12)18-2/h8H,3-7H2,1-2H3,(H,13,14). The molecule has 0 radical (unpaired) electrons. The fraction of sp³-hybridized carbons (Fsp3) is 0.818. The SMILES string of the molecule is COCC(C(=O)O)S(=O)(=O)CC1(CC(=O)OC)CC1. The molecule has 0 aromatic carbocycles. The van der Waals surface area contributed by atoms with Crippen molar-refractivity contribution in [2.45, 2.75) is 24.5 Å². The van der Waals surface area contributed by atoms with Gasteiger partial charge in [0.05, 0.1) is 25.9 Å². The first-order valence-corrected chi connectivity index (χ1v) is 7.48. The number of ether oxygens (including phenoxy) is 2. The zero-order valence-corrected chi connectivity index (χ0v) is 11.7. The molecule has 1 aliphatic rings. The number of sulfone groups is 1. The van der Waals surface area contributed by atoms with E-state index in [9.17, 15) is 18.0 Å². The third-order valence-electron chi connectivity index (χ3n) is 3.24. The van der Waals surface area contributed by atoms with Crippen LogP contribution in [0.15, 0.2) is 0 Å². The van der Waals surface area contributed by atoms with E-state index in [0.29, 0.717) is 12.8 Å². The topological polar surface area (TPSA) is 107 Å². The van der Waals surface area contributed by atoms with E-state index in [1.807, 2.05) is 0 Å². The molecule has 1 fully saturated rings. The lowest BCUT2D eigenvalue weighted by Crippen LogP contribution is -2.38. The number of hydrogen-bond donors (Lipinski definition) is 1. The third-order valence-corrected chi connectivity index (χ3v) is 5.46. The molecule has 7 nitrogen and oxygen atoms in total. The van der Waals surface area contributed by atoms with Crippen LogP contribution in [-0.2, 0) is 28.9 Å². The van der Waals surface area contributed by atoms with Crippen molar-refractivity contribution in [2.75, 3.05) is 26.6 Å². The zero-order chi connectivity index (χ0) is 14.7. The Hall–Kier alpha value is -1.15. The third kappa shape index (κ3) is 4.17. The number of carbonyl (C=O) groups is 2. The molecule has 19 heavy (non-hydrogen) atoms. The van der Waals surface area contributed by atoms with Crippen molar-refractivity contribution in [3.63, 3.8) is 0 Å². The first kappa shape index (κ1) is 15.9. The Morgan fingerprint density at radius 2 is 1.89 bits per heavy atom. The highest BCUT2D eigenvalue weighted by Gasteiger charge is 2.50. The molecule has 0 amide bonds. The van der Waals surface area contributed by atoms with Crippen LogP contribution >= 0.6 is 0 Å². The number of carbonyl (C=O) groups excluding carboxylic acids is 1. The molecule has 0 spiro atoms. The second-order valence-corrected chi connectivity index (χ2v) is 7.03. The van der Waals surface area contributed by atoms with Crippen molar-refractivity contribution in [2.24, 2.45) is 5.41 Å². The van der Waals surface area contributed by atoms with Crippen LogP contribution in [0.5, 0.6) is 0 Å². The van der Waals surface area contributed by atoms with Gasteiger partial charge in [-0.15, -0.1) is 0 Å². The van der Waals surface area contributed by atoms with Gasteiger partial charge in [-0.2, -0.15) is 0 Å². The monoisotopic (exact) mass is 294 g/mol. The van der Waals surface area contributed by atoms with Crippen LogP contribution in [0, 0.1) is 5.41 Å². The molecule has 1 atom stereocenters. The van der Waals surface area contributed by atoms with E-state index >= 15 is 0 Å². The summed E-state index contributed by atoms with van der Waals surface area (Å²) in [7, 11) is -1.39. The number of hydrogen-bond acceptors (Lipinski definition) is 6. The summed E-state index contributed by atoms with van der Waals surface area (Å²) in [4.78, 5) is 22.2. The van der Waals surface area contributed by atoms with E-state index in [4.69, 9.17) is 5.11 Å². The minimum absolute atomic E-state index is 0.00203. The number of esters is 1. The lowest BCUT2D eigenvalue weighted by Gasteiger charge is -2.18. The summed E-state index contributed by atoms with van der Waals surface area (Å²) < 4.78 is 33.3. The number of rotatable bonds is 8. The van der Waals surface area contributed by atoms with Crippen LogP contribution < -0.4 is 0 Å². The highest BCUT2D eigenvalue weighted by Crippen LogP contribution is 2.50. The average molecular weight is 294 g/mol. The van der Waals surface area contributed by atoms with Crippen molar-refractivity contribution in [3.8, 4) is 0 Å². The predicted molar refractivity (Wildman–Crippen MR) is 65.4 cm³/mol. The molecule has 0 bridgehead atoms. The van der Waals surface area contributed by atoms with Crippen LogP contribution in [0.1, 0.15) is 19.3 Å². The average Bonchev–Trinajstić information content (AvgIpc) is 3.03. The molecule has 1 N–H and O–H groups in total. The van der Waals surface area contributed by atoms with Gasteiger partial charge in [-0.25, -0.2) is 8.42 Å². The highest BCUT2D eigenvalue weighted by molar-refractivity contribution is 7.92. The molecule has 0 aromatic heterocycles. The fourth-order valence-corrected chi connectivity index (χ4v) is 4.03. The first-order chi connectivity index (χ1) is 8.76. The van der Waals surface area contributed by atoms with Gasteiger partial charge in [0, 0.05) is 7.11 Å². The lowest BCUT2D eigenvalue weighted by atomic mass is 10.1. The lowest BCUT2D eigenvalue weighted by molar-refractivity contribution is -0.141. The van der Waals surface area contributed by atoms with E-state index in [0.717, 1.165) is 0 Å². The highest BCUT2D eigenvalue weighted by atomic mass is 32.2. The smallest absolute Gasteiger partial charge is 0.324 e. The van der Waals surface area contributed by atoms with E-state index in [-0.39, 0.29) is 12.2 Å². The predicted octanol–water partition coefficient (Wildman–Crippen LogP) is -0.156. The summed E-state index contributed by atoms with van der Waals surface area (Å²) in [6.07, 6.45) is 1.17. The summed E-state index contributed by atoms with van der Waals surface area (Å²) in [6, 6.07) is 0. The van der Waals surface area contributed by atoms with Gasteiger partial charge in [-0.3, -0.25) is 9.59 Å². The van der Waals surface area contributed by atoms with Crippen molar-refractivity contribution < 1.29 is 32.6 Å². The van der Waals surface area contributed by atoms with E-state index < -0.39 is 39.0 Å². The Bertz CT molecular complexity index is 450. The number of carboxylic acids is 1. The van der Waals surface area contributed by atoms with Crippen LogP contribution in [-0.4, -0.2) is 57.3 Å². The van der Waals surface area contributed by atoms with Crippen molar-refractivity contribution in [3.05, 3.63) is 0 Å². The van der Waals surface area contributed by atoms with Crippen LogP contribution in [0.3, 0.4) is 0 Å². The summed E-state index contributed by atoms with van der Waals surface area (Å²) in [5, 5.41) is 7.34. The maximum Gasteiger partial charge on any atom is 0.324 e. The number of methoxy groups -OCH3 is 2. The van der Waals surface area contributed by atoms with Crippen LogP contribution in [0.4, 0.5) is 0 Å². The van der Waals surface area contributed by atoms with Gasteiger partial charge in [0.1, 0.15) is 0 Å².